The molecule has 0 aliphatic rings. The fraction of sp³-hybridized carbons (Fsp3) is 0.875. The SMILES string of the molecule is CCOC(C#N)(CC)CC. The molecule has 0 amide bonds. The van der Waals surface area contributed by atoms with Gasteiger partial charge in [-0.15, -0.1) is 0 Å². The molecule has 58 valence electrons. The van der Waals surface area contributed by atoms with E-state index in [0.29, 0.717) is 6.61 Å². The molecule has 0 N–H and O–H groups in total. The molecule has 0 aromatic heterocycles. The van der Waals surface area contributed by atoms with Crippen LogP contribution in [0.4, 0.5) is 0 Å². The first kappa shape index (κ1) is 9.45. The lowest BCUT2D eigenvalue weighted by Gasteiger charge is -2.22. The molecule has 0 unspecified atom stereocenters. The number of hydrogen-bond donors (Lipinski definition) is 0. The largest absolute Gasteiger partial charge is 0.360 e. The van der Waals surface area contributed by atoms with Crippen LogP contribution in [0.15, 0.2) is 0 Å². The van der Waals surface area contributed by atoms with Gasteiger partial charge in [-0.2, -0.15) is 5.26 Å². The fourth-order valence-electron chi connectivity index (χ4n) is 0.921. The molecule has 0 atom stereocenters. The minimum atomic E-state index is -0.519. The van der Waals surface area contributed by atoms with Crippen LogP contribution in [-0.2, 0) is 4.74 Å². The van der Waals surface area contributed by atoms with E-state index in [2.05, 4.69) is 6.07 Å². The molecule has 0 aliphatic carbocycles. The molecule has 0 fully saturated rings. The number of nitrogens with zero attached hydrogens (tertiary/aromatic N) is 1. The van der Waals surface area contributed by atoms with Crippen LogP contribution in [0.2, 0.25) is 0 Å². The highest BCUT2D eigenvalue weighted by Gasteiger charge is 2.25. The maximum absolute atomic E-state index is 8.73. The van der Waals surface area contributed by atoms with Crippen molar-refractivity contribution in [1.29, 1.82) is 5.26 Å². The Morgan fingerprint density at radius 1 is 1.30 bits per heavy atom. The first-order valence-electron chi connectivity index (χ1n) is 3.79. The molecule has 0 aliphatic heterocycles. The average Bonchev–Trinajstić information content (AvgIpc) is 2.01. The van der Waals surface area contributed by atoms with Crippen LogP contribution in [0.1, 0.15) is 33.6 Å². The molecule has 0 rings (SSSR count). The summed E-state index contributed by atoms with van der Waals surface area (Å²) in [7, 11) is 0. The standard InChI is InChI=1S/C8H15NO/c1-4-8(5-2,7-9)10-6-3/h4-6H2,1-3H3. The van der Waals surface area contributed by atoms with Gasteiger partial charge in [-0.25, -0.2) is 0 Å². The van der Waals surface area contributed by atoms with Crippen LogP contribution in [0.25, 0.3) is 0 Å². The van der Waals surface area contributed by atoms with E-state index in [-0.39, 0.29) is 0 Å². The quantitative estimate of drug-likeness (QED) is 0.600. The molecule has 0 saturated carbocycles. The third-order valence-corrected chi connectivity index (χ3v) is 1.77. The van der Waals surface area contributed by atoms with Crippen LogP contribution < -0.4 is 0 Å². The van der Waals surface area contributed by atoms with E-state index < -0.39 is 5.60 Å². The molecule has 0 bridgehead atoms. The Kier molecular flexibility index (Phi) is 4.06. The molecule has 0 radical (unpaired) electrons. The second-order valence-electron chi connectivity index (χ2n) is 2.25. The summed E-state index contributed by atoms with van der Waals surface area (Å²) < 4.78 is 5.32. The maximum Gasteiger partial charge on any atom is 0.153 e. The number of hydrogen-bond acceptors (Lipinski definition) is 2. The Labute approximate surface area is 62.8 Å². The van der Waals surface area contributed by atoms with Crippen molar-refractivity contribution in [2.24, 2.45) is 0 Å². The summed E-state index contributed by atoms with van der Waals surface area (Å²) in [5.74, 6) is 0. The summed E-state index contributed by atoms with van der Waals surface area (Å²) in [4.78, 5) is 0. The van der Waals surface area contributed by atoms with Gasteiger partial charge in [0.25, 0.3) is 0 Å². The van der Waals surface area contributed by atoms with E-state index in [4.69, 9.17) is 10.00 Å². The van der Waals surface area contributed by atoms with Crippen molar-refractivity contribution in [2.75, 3.05) is 6.61 Å². The Morgan fingerprint density at radius 3 is 1.90 bits per heavy atom. The van der Waals surface area contributed by atoms with Gasteiger partial charge in [0.05, 0.1) is 6.07 Å². The van der Waals surface area contributed by atoms with Gasteiger partial charge in [-0.05, 0) is 19.8 Å². The lowest BCUT2D eigenvalue weighted by Crippen LogP contribution is -2.28. The highest BCUT2D eigenvalue weighted by atomic mass is 16.5. The minimum Gasteiger partial charge on any atom is -0.360 e. The van der Waals surface area contributed by atoms with Crippen molar-refractivity contribution in [3.8, 4) is 6.07 Å². The normalized spacial score (nSPS) is 11.0. The van der Waals surface area contributed by atoms with Crippen molar-refractivity contribution < 1.29 is 4.74 Å². The summed E-state index contributed by atoms with van der Waals surface area (Å²) >= 11 is 0. The zero-order valence-electron chi connectivity index (χ0n) is 6.98. The topological polar surface area (TPSA) is 33.0 Å². The lowest BCUT2D eigenvalue weighted by atomic mass is 9.99. The van der Waals surface area contributed by atoms with Crippen molar-refractivity contribution >= 4 is 0 Å². The van der Waals surface area contributed by atoms with Gasteiger partial charge in [0.2, 0.25) is 0 Å². The highest BCUT2D eigenvalue weighted by Crippen LogP contribution is 2.18. The number of nitriles is 1. The molecule has 2 nitrogen and oxygen atoms in total. The van der Waals surface area contributed by atoms with Gasteiger partial charge in [-0.1, -0.05) is 13.8 Å². The monoisotopic (exact) mass is 141 g/mol. The van der Waals surface area contributed by atoms with E-state index in [9.17, 15) is 0 Å². The number of ether oxygens (including phenoxy) is 1. The molecule has 0 aromatic rings. The van der Waals surface area contributed by atoms with Crippen LogP contribution in [0.3, 0.4) is 0 Å². The molecule has 0 heterocycles. The van der Waals surface area contributed by atoms with Gasteiger partial charge < -0.3 is 4.74 Å². The summed E-state index contributed by atoms with van der Waals surface area (Å²) in [5.41, 5.74) is -0.519. The Hall–Kier alpha value is -0.550. The molecule has 0 aromatic carbocycles. The van der Waals surface area contributed by atoms with Gasteiger partial charge in [0, 0.05) is 6.61 Å². The molecule has 10 heavy (non-hydrogen) atoms. The predicted octanol–water partition coefficient (Wildman–Crippen LogP) is 2.11. The van der Waals surface area contributed by atoms with Crippen molar-refractivity contribution in [2.45, 2.75) is 39.2 Å². The number of rotatable bonds is 4. The third kappa shape index (κ3) is 2.00. The second-order valence-corrected chi connectivity index (χ2v) is 2.25. The van der Waals surface area contributed by atoms with E-state index in [1.165, 1.54) is 0 Å². The molecule has 2 heteroatoms. The Morgan fingerprint density at radius 2 is 1.80 bits per heavy atom. The van der Waals surface area contributed by atoms with E-state index >= 15 is 0 Å². The molecule has 0 saturated heterocycles. The van der Waals surface area contributed by atoms with E-state index in [1.807, 2.05) is 20.8 Å². The minimum absolute atomic E-state index is 0.519. The Bertz CT molecular complexity index is 122. The van der Waals surface area contributed by atoms with Crippen LogP contribution >= 0.6 is 0 Å². The molecular formula is C8H15NO. The first-order chi connectivity index (χ1) is 4.74. The van der Waals surface area contributed by atoms with Crippen LogP contribution in [0, 0.1) is 11.3 Å². The summed E-state index contributed by atoms with van der Waals surface area (Å²) in [5, 5.41) is 8.73. The molecule has 0 spiro atoms. The van der Waals surface area contributed by atoms with Gasteiger partial charge in [0.15, 0.2) is 5.60 Å². The van der Waals surface area contributed by atoms with Crippen molar-refractivity contribution in [3.05, 3.63) is 0 Å². The first-order valence-corrected chi connectivity index (χ1v) is 3.79. The zero-order valence-corrected chi connectivity index (χ0v) is 6.98. The van der Waals surface area contributed by atoms with Gasteiger partial charge in [-0.3, -0.25) is 0 Å². The highest BCUT2D eigenvalue weighted by molar-refractivity contribution is 4.99. The summed E-state index contributed by atoms with van der Waals surface area (Å²) in [6.07, 6.45) is 1.54. The van der Waals surface area contributed by atoms with Crippen LogP contribution in [0.5, 0.6) is 0 Å². The van der Waals surface area contributed by atoms with Gasteiger partial charge >= 0.3 is 0 Å². The predicted molar refractivity (Wildman–Crippen MR) is 40.6 cm³/mol. The smallest absolute Gasteiger partial charge is 0.153 e. The maximum atomic E-state index is 8.73. The Balaban J connectivity index is 4.05. The summed E-state index contributed by atoms with van der Waals surface area (Å²) in [6, 6.07) is 2.19. The van der Waals surface area contributed by atoms with Crippen molar-refractivity contribution in [3.63, 3.8) is 0 Å². The lowest BCUT2D eigenvalue weighted by molar-refractivity contribution is -0.000192. The van der Waals surface area contributed by atoms with Crippen molar-refractivity contribution in [1.82, 2.24) is 0 Å². The third-order valence-electron chi connectivity index (χ3n) is 1.77. The fourth-order valence-corrected chi connectivity index (χ4v) is 0.921. The van der Waals surface area contributed by atoms with Crippen LogP contribution in [-0.4, -0.2) is 12.2 Å². The summed E-state index contributed by atoms with van der Waals surface area (Å²) in [6.45, 7) is 6.48. The van der Waals surface area contributed by atoms with E-state index in [0.717, 1.165) is 12.8 Å². The van der Waals surface area contributed by atoms with E-state index in [1.54, 1.807) is 0 Å². The second kappa shape index (κ2) is 4.29. The molecular weight excluding hydrogens is 126 g/mol. The van der Waals surface area contributed by atoms with Gasteiger partial charge in [0.1, 0.15) is 0 Å². The zero-order chi connectivity index (χ0) is 8.04. The average molecular weight is 141 g/mol.